The topological polar surface area (TPSA) is 103 Å². The zero-order chi connectivity index (χ0) is 15.7. The van der Waals surface area contributed by atoms with Gasteiger partial charge in [-0.3, -0.25) is 0 Å². The van der Waals surface area contributed by atoms with E-state index in [1.807, 2.05) is 13.0 Å². The Labute approximate surface area is 126 Å². The lowest BCUT2D eigenvalue weighted by Gasteiger charge is -2.04. The van der Waals surface area contributed by atoms with Crippen molar-refractivity contribution in [1.82, 2.24) is 14.2 Å². The van der Waals surface area contributed by atoms with Crippen LogP contribution in [0.4, 0.5) is 5.95 Å². The molecule has 3 heterocycles. The van der Waals surface area contributed by atoms with Crippen LogP contribution in [0.15, 0.2) is 39.4 Å². The van der Waals surface area contributed by atoms with Gasteiger partial charge in [-0.2, -0.15) is 4.98 Å². The van der Waals surface area contributed by atoms with Crippen LogP contribution in [0.25, 0.3) is 11.6 Å². The van der Waals surface area contributed by atoms with Crippen molar-refractivity contribution in [3.63, 3.8) is 0 Å². The van der Waals surface area contributed by atoms with Gasteiger partial charge >= 0.3 is 0 Å². The fourth-order valence-corrected chi connectivity index (χ4v) is 2.54. The van der Waals surface area contributed by atoms with E-state index in [1.54, 1.807) is 18.2 Å². The first-order chi connectivity index (χ1) is 10.4. The summed E-state index contributed by atoms with van der Waals surface area (Å²) in [7, 11) is -3.59. The van der Waals surface area contributed by atoms with E-state index >= 15 is 0 Å². The van der Waals surface area contributed by atoms with Crippen LogP contribution in [0.2, 0.25) is 0 Å². The molecule has 0 saturated heterocycles. The molecule has 0 amide bonds. The Morgan fingerprint density at radius 3 is 2.73 bits per heavy atom. The molecule has 0 aliphatic rings. The molecule has 3 rings (SSSR count). The average molecular weight is 322 g/mol. The van der Waals surface area contributed by atoms with E-state index in [9.17, 15) is 8.42 Å². The maximum absolute atomic E-state index is 11.8. The van der Waals surface area contributed by atoms with Crippen LogP contribution in [0.5, 0.6) is 0 Å². The molecule has 0 fully saturated rings. The van der Waals surface area contributed by atoms with Crippen molar-refractivity contribution in [2.75, 3.05) is 11.6 Å². The standard InChI is InChI=1S/C13H14N4O4S/c1-9-5-6-10(21-9)8-14-13-15-12(11-4-3-7-20-11)16-17(13)22(2,18)19/h3-7H,8H2,1-2H3,(H,14,15,16). The number of hydrogen-bond donors (Lipinski definition) is 1. The van der Waals surface area contributed by atoms with E-state index in [1.165, 1.54) is 6.26 Å². The molecular weight excluding hydrogens is 308 g/mol. The smallest absolute Gasteiger partial charge is 0.254 e. The molecule has 0 aliphatic heterocycles. The summed E-state index contributed by atoms with van der Waals surface area (Å²) in [4.78, 5) is 4.17. The zero-order valence-corrected chi connectivity index (χ0v) is 12.8. The molecule has 0 bridgehead atoms. The van der Waals surface area contributed by atoms with Gasteiger partial charge in [0.25, 0.3) is 10.0 Å². The van der Waals surface area contributed by atoms with Gasteiger partial charge < -0.3 is 14.2 Å². The van der Waals surface area contributed by atoms with Crippen LogP contribution in [-0.4, -0.2) is 28.8 Å². The normalized spacial score (nSPS) is 11.7. The Kier molecular flexibility index (Phi) is 3.49. The number of nitrogens with one attached hydrogen (secondary N) is 1. The van der Waals surface area contributed by atoms with Crippen molar-refractivity contribution in [1.29, 1.82) is 0 Å². The van der Waals surface area contributed by atoms with E-state index in [0.717, 1.165) is 16.1 Å². The third-order valence-corrected chi connectivity index (χ3v) is 3.73. The second kappa shape index (κ2) is 5.34. The minimum atomic E-state index is -3.59. The Hall–Kier alpha value is -2.55. The van der Waals surface area contributed by atoms with Crippen LogP contribution >= 0.6 is 0 Å². The molecule has 116 valence electrons. The molecule has 9 heteroatoms. The van der Waals surface area contributed by atoms with Gasteiger partial charge in [0.05, 0.1) is 19.1 Å². The molecule has 22 heavy (non-hydrogen) atoms. The van der Waals surface area contributed by atoms with E-state index < -0.39 is 10.0 Å². The number of furan rings is 2. The number of aryl methyl sites for hydroxylation is 1. The van der Waals surface area contributed by atoms with Crippen molar-refractivity contribution in [3.8, 4) is 11.6 Å². The van der Waals surface area contributed by atoms with E-state index in [2.05, 4.69) is 15.4 Å². The summed E-state index contributed by atoms with van der Waals surface area (Å²) in [5, 5.41) is 6.88. The van der Waals surface area contributed by atoms with Crippen LogP contribution in [0, 0.1) is 6.92 Å². The largest absolute Gasteiger partial charge is 0.465 e. The Morgan fingerprint density at radius 1 is 1.32 bits per heavy atom. The van der Waals surface area contributed by atoms with E-state index in [0.29, 0.717) is 18.1 Å². The first-order valence-corrected chi connectivity index (χ1v) is 8.29. The first-order valence-electron chi connectivity index (χ1n) is 6.44. The zero-order valence-electron chi connectivity index (χ0n) is 12.0. The molecule has 3 aromatic heterocycles. The molecule has 0 unspecified atom stereocenters. The summed E-state index contributed by atoms with van der Waals surface area (Å²) in [6.45, 7) is 2.12. The fraction of sp³-hybridized carbons (Fsp3) is 0.231. The first kappa shape index (κ1) is 14.4. The predicted octanol–water partition coefficient (Wildman–Crippen LogP) is 1.86. The monoisotopic (exact) mass is 322 g/mol. The molecular formula is C13H14N4O4S. The molecule has 0 radical (unpaired) electrons. The number of hydrogen-bond acceptors (Lipinski definition) is 7. The third-order valence-electron chi connectivity index (χ3n) is 2.85. The summed E-state index contributed by atoms with van der Waals surface area (Å²) in [6.07, 6.45) is 2.52. The maximum atomic E-state index is 11.8. The summed E-state index contributed by atoms with van der Waals surface area (Å²) < 4.78 is 35.1. The lowest BCUT2D eigenvalue weighted by atomic mass is 10.4. The quantitative estimate of drug-likeness (QED) is 0.764. The molecule has 0 spiro atoms. The number of rotatable bonds is 5. The molecule has 0 aliphatic carbocycles. The molecule has 0 saturated carbocycles. The number of nitrogens with zero attached hydrogens (tertiary/aromatic N) is 3. The van der Waals surface area contributed by atoms with Gasteiger partial charge in [0.15, 0.2) is 5.76 Å². The Bertz CT molecular complexity index is 877. The van der Waals surface area contributed by atoms with Gasteiger partial charge in [0.1, 0.15) is 11.5 Å². The molecule has 1 N–H and O–H groups in total. The highest BCUT2D eigenvalue weighted by Crippen LogP contribution is 2.20. The third kappa shape index (κ3) is 2.89. The van der Waals surface area contributed by atoms with Gasteiger partial charge in [-0.1, -0.05) is 0 Å². The summed E-state index contributed by atoms with van der Waals surface area (Å²) >= 11 is 0. The minimum absolute atomic E-state index is 0.1000. The SMILES string of the molecule is Cc1ccc(CNc2nc(-c3ccco3)nn2S(C)(=O)=O)o1. The van der Waals surface area contributed by atoms with Crippen LogP contribution < -0.4 is 5.32 Å². The van der Waals surface area contributed by atoms with E-state index in [4.69, 9.17) is 8.83 Å². The lowest BCUT2D eigenvalue weighted by Crippen LogP contribution is -2.16. The van der Waals surface area contributed by atoms with Crippen LogP contribution in [0.1, 0.15) is 11.5 Å². The lowest BCUT2D eigenvalue weighted by molar-refractivity contribution is 0.490. The van der Waals surface area contributed by atoms with Gasteiger partial charge in [0, 0.05) is 0 Å². The van der Waals surface area contributed by atoms with Crippen molar-refractivity contribution >= 4 is 16.0 Å². The summed E-state index contributed by atoms with van der Waals surface area (Å²) in [6, 6.07) is 6.96. The molecule has 8 nitrogen and oxygen atoms in total. The summed E-state index contributed by atoms with van der Waals surface area (Å²) in [5.41, 5.74) is 0. The van der Waals surface area contributed by atoms with Gasteiger partial charge in [0.2, 0.25) is 11.8 Å². The second-order valence-electron chi connectivity index (χ2n) is 4.71. The molecule has 0 aromatic carbocycles. The highest BCUT2D eigenvalue weighted by molar-refractivity contribution is 7.89. The van der Waals surface area contributed by atoms with Crippen molar-refractivity contribution in [2.45, 2.75) is 13.5 Å². The second-order valence-corrected chi connectivity index (χ2v) is 6.52. The average Bonchev–Trinajstić information content (AvgIpc) is 3.15. The Balaban J connectivity index is 1.91. The maximum Gasteiger partial charge on any atom is 0.254 e. The van der Waals surface area contributed by atoms with Gasteiger partial charge in [-0.25, -0.2) is 8.42 Å². The number of anilines is 1. The fourth-order valence-electron chi connectivity index (χ4n) is 1.89. The number of aromatic nitrogens is 3. The highest BCUT2D eigenvalue weighted by Gasteiger charge is 2.19. The van der Waals surface area contributed by atoms with E-state index in [-0.39, 0.29) is 11.8 Å². The molecule has 3 aromatic rings. The van der Waals surface area contributed by atoms with Gasteiger partial charge in [-0.05, 0) is 31.2 Å². The van der Waals surface area contributed by atoms with Crippen molar-refractivity contribution in [3.05, 3.63) is 42.0 Å². The van der Waals surface area contributed by atoms with Crippen molar-refractivity contribution in [2.24, 2.45) is 0 Å². The van der Waals surface area contributed by atoms with Crippen LogP contribution in [0.3, 0.4) is 0 Å². The summed E-state index contributed by atoms with van der Waals surface area (Å²) in [5.74, 6) is 2.12. The molecule has 0 atom stereocenters. The van der Waals surface area contributed by atoms with Gasteiger partial charge in [-0.15, -0.1) is 9.19 Å². The highest BCUT2D eigenvalue weighted by atomic mass is 32.2. The van der Waals surface area contributed by atoms with Crippen LogP contribution in [-0.2, 0) is 16.6 Å². The minimum Gasteiger partial charge on any atom is -0.465 e. The van der Waals surface area contributed by atoms with Crippen molar-refractivity contribution < 1.29 is 17.3 Å². The Morgan fingerprint density at radius 2 is 2.14 bits per heavy atom. The predicted molar refractivity (Wildman–Crippen MR) is 78.7 cm³/mol.